The Morgan fingerprint density at radius 3 is 2.45 bits per heavy atom. The minimum Gasteiger partial charge on any atom is -0.466 e. The maximum Gasteiger partial charge on any atom is 0.355 e. The van der Waals surface area contributed by atoms with Gasteiger partial charge in [0.05, 0.1) is 12.0 Å². The first-order chi connectivity index (χ1) is 25.3. The number of carbonyl (C=O) groups excluding carboxylic acids is 5. The highest BCUT2D eigenvalue weighted by atomic mass is 32.2. The van der Waals surface area contributed by atoms with E-state index in [0.717, 1.165) is 0 Å². The predicted octanol–water partition coefficient (Wildman–Crippen LogP) is 3.40. The number of aromatic nitrogens is 5. The first-order valence-corrected chi connectivity index (χ1v) is 19.0. The van der Waals surface area contributed by atoms with E-state index in [0.29, 0.717) is 40.6 Å². The van der Waals surface area contributed by atoms with Crippen molar-refractivity contribution >= 4 is 53.2 Å². The number of tetrazole rings is 1. The molecule has 1 aromatic carbocycles. The summed E-state index contributed by atoms with van der Waals surface area (Å²) in [5.74, 6) is -1.65. The summed E-state index contributed by atoms with van der Waals surface area (Å²) >= 11 is 2.63. The lowest BCUT2D eigenvalue weighted by molar-refractivity contribution is -0.193. The third-order valence-electron chi connectivity index (χ3n) is 8.46. The Balaban J connectivity index is 1.34. The van der Waals surface area contributed by atoms with Crippen molar-refractivity contribution in [2.24, 2.45) is 12.5 Å². The highest BCUT2D eigenvalue weighted by molar-refractivity contribution is 8.01. The summed E-state index contributed by atoms with van der Waals surface area (Å²) in [6.45, 7) is 7.14. The van der Waals surface area contributed by atoms with Gasteiger partial charge in [0.25, 0.3) is 11.6 Å². The molecule has 2 aliphatic rings. The van der Waals surface area contributed by atoms with Crippen molar-refractivity contribution in [3.05, 3.63) is 65.6 Å². The van der Waals surface area contributed by atoms with E-state index in [9.17, 15) is 24.0 Å². The Morgan fingerprint density at radius 2 is 1.83 bits per heavy atom. The van der Waals surface area contributed by atoms with Crippen LogP contribution in [0.2, 0.25) is 0 Å². The molecule has 1 fully saturated rings. The van der Waals surface area contributed by atoms with Crippen LogP contribution in [-0.2, 0) is 51.8 Å². The molecule has 1 saturated heterocycles. The fourth-order valence-electron chi connectivity index (χ4n) is 5.58. The largest absolute Gasteiger partial charge is 0.466 e. The standard InChI is InChI=1S/C35H43N7O9S2/c1-7-49-26(43)12-10-11-25(41-17-8-9-18-41)28(44)36-35(48-6)30(46)42-27(23(20-52-31(35)42)21-53-33-37-38-39-40(33)5)29(45)50-19-22-13-15-24(16-14-22)51-32(47)34(2,3)4/h8-9,13-18,25,31H,7,10-12,19-21H2,1-6H3,(H,36,44). The molecule has 0 aliphatic carbocycles. The van der Waals surface area contributed by atoms with E-state index in [1.54, 1.807) is 88.1 Å². The fourth-order valence-corrected chi connectivity index (χ4v) is 8.01. The molecule has 16 nitrogen and oxygen atoms in total. The number of hydrogen-bond donors (Lipinski definition) is 1. The number of carbonyl (C=O) groups is 5. The highest BCUT2D eigenvalue weighted by Crippen LogP contribution is 2.48. The van der Waals surface area contributed by atoms with Gasteiger partial charge in [0.1, 0.15) is 29.5 Å². The molecular weight excluding hydrogens is 727 g/mol. The number of nitrogens with one attached hydrogen (secondary N) is 1. The third-order valence-corrected chi connectivity index (χ3v) is 10.9. The smallest absolute Gasteiger partial charge is 0.355 e. The van der Waals surface area contributed by atoms with Crippen LogP contribution in [0.15, 0.2) is 65.2 Å². The van der Waals surface area contributed by atoms with Gasteiger partial charge in [-0.15, -0.1) is 16.9 Å². The van der Waals surface area contributed by atoms with Crippen LogP contribution in [0.5, 0.6) is 5.75 Å². The minimum absolute atomic E-state index is 0.0513. The molecule has 1 N–H and O–H groups in total. The Morgan fingerprint density at radius 1 is 1.11 bits per heavy atom. The number of β-lactam (4-membered cyclic amide) rings is 1. The van der Waals surface area contributed by atoms with Crippen molar-refractivity contribution < 1.29 is 42.9 Å². The molecule has 2 aromatic heterocycles. The van der Waals surface area contributed by atoms with Gasteiger partial charge in [-0.05, 0) is 86.4 Å². The Hall–Kier alpha value is -4.68. The Kier molecular flexibility index (Phi) is 12.7. The van der Waals surface area contributed by atoms with Gasteiger partial charge in [-0.1, -0.05) is 23.9 Å². The SMILES string of the molecule is CCOC(=O)CCCC(C(=O)NC1(OC)C(=O)N2C(C(=O)OCc3ccc(OC(=O)C(C)(C)C)cc3)=C(CSc3nnnn3C)CSC21)n1cccc1. The maximum absolute atomic E-state index is 14.2. The molecule has 4 heterocycles. The number of rotatable bonds is 16. The van der Waals surface area contributed by atoms with E-state index in [4.69, 9.17) is 18.9 Å². The monoisotopic (exact) mass is 769 g/mol. The molecule has 284 valence electrons. The summed E-state index contributed by atoms with van der Waals surface area (Å²) < 4.78 is 25.2. The van der Waals surface area contributed by atoms with Crippen LogP contribution in [0.25, 0.3) is 0 Å². The van der Waals surface area contributed by atoms with Crippen LogP contribution in [0.3, 0.4) is 0 Å². The quantitative estimate of drug-likeness (QED) is 0.0735. The van der Waals surface area contributed by atoms with Crippen molar-refractivity contribution in [2.75, 3.05) is 25.2 Å². The number of methoxy groups -OCH3 is 1. The Labute approximate surface area is 315 Å². The molecule has 0 saturated carbocycles. The Bertz CT molecular complexity index is 1840. The second-order valence-corrected chi connectivity index (χ2v) is 15.3. The van der Waals surface area contributed by atoms with E-state index in [1.165, 1.54) is 40.2 Å². The lowest BCUT2D eigenvalue weighted by atomic mass is 9.97. The van der Waals surface area contributed by atoms with Crippen molar-refractivity contribution in [1.82, 2.24) is 35.0 Å². The second-order valence-electron chi connectivity index (χ2n) is 13.3. The predicted molar refractivity (Wildman–Crippen MR) is 193 cm³/mol. The zero-order valence-corrected chi connectivity index (χ0v) is 32.0. The number of fused-ring (bicyclic) bond motifs is 1. The number of thioether (sulfide) groups is 2. The molecule has 18 heteroatoms. The van der Waals surface area contributed by atoms with Crippen molar-refractivity contribution in [1.29, 1.82) is 0 Å². The van der Waals surface area contributed by atoms with Gasteiger partial charge in [0.2, 0.25) is 11.1 Å². The molecule has 0 spiro atoms. The van der Waals surface area contributed by atoms with Crippen LogP contribution >= 0.6 is 23.5 Å². The molecule has 3 aromatic rings. The summed E-state index contributed by atoms with van der Waals surface area (Å²) in [5.41, 5.74) is -1.15. The van der Waals surface area contributed by atoms with Gasteiger partial charge in [0.15, 0.2) is 0 Å². The second kappa shape index (κ2) is 17.0. The molecule has 53 heavy (non-hydrogen) atoms. The number of hydrogen-bond acceptors (Lipinski definition) is 14. The van der Waals surface area contributed by atoms with E-state index in [-0.39, 0.29) is 43.0 Å². The van der Waals surface area contributed by atoms with Gasteiger partial charge in [0, 0.05) is 44.5 Å². The number of amides is 2. The zero-order valence-electron chi connectivity index (χ0n) is 30.4. The molecule has 3 atom stereocenters. The fraction of sp³-hybridized carbons (Fsp3) is 0.486. The van der Waals surface area contributed by atoms with Crippen LogP contribution in [-0.4, -0.2) is 95.7 Å². The molecule has 3 unspecified atom stereocenters. The van der Waals surface area contributed by atoms with Crippen LogP contribution < -0.4 is 10.1 Å². The summed E-state index contributed by atoms with van der Waals surface area (Å²) in [6.07, 6.45) is 4.27. The van der Waals surface area contributed by atoms with E-state index >= 15 is 0 Å². The number of nitrogens with zero attached hydrogens (tertiary/aromatic N) is 6. The number of aryl methyl sites for hydroxylation is 1. The third kappa shape index (κ3) is 8.93. The lowest BCUT2D eigenvalue weighted by Crippen LogP contribution is -2.81. The van der Waals surface area contributed by atoms with E-state index in [1.807, 2.05) is 0 Å². The van der Waals surface area contributed by atoms with Crippen LogP contribution in [0.4, 0.5) is 0 Å². The topological polar surface area (TPSA) is 186 Å². The number of benzene rings is 1. The van der Waals surface area contributed by atoms with Crippen LogP contribution in [0, 0.1) is 5.41 Å². The lowest BCUT2D eigenvalue weighted by Gasteiger charge is -2.56. The molecule has 0 bridgehead atoms. The van der Waals surface area contributed by atoms with Gasteiger partial charge >= 0.3 is 17.9 Å². The van der Waals surface area contributed by atoms with Gasteiger partial charge in [-0.3, -0.25) is 24.1 Å². The average molecular weight is 770 g/mol. The van der Waals surface area contributed by atoms with Gasteiger partial charge in [-0.25, -0.2) is 9.48 Å². The molecule has 0 radical (unpaired) electrons. The van der Waals surface area contributed by atoms with Gasteiger partial charge < -0.3 is 28.8 Å². The van der Waals surface area contributed by atoms with Crippen LogP contribution in [0.1, 0.15) is 58.6 Å². The zero-order chi connectivity index (χ0) is 38.3. The van der Waals surface area contributed by atoms with Gasteiger partial charge in [-0.2, -0.15) is 0 Å². The van der Waals surface area contributed by atoms with E-state index < -0.39 is 40.3 Å². The summed E-state index contributed by atoms with van der Waals surface area (Å²) in [4.78, 5) is 67.5. The van der Waals surface area contributed by atoms with E-state index in [2.05, 4.69) is 20.8 Å². The van der Waals surface area contributed by atoms with Crippen molar-refractivity contribution in [3.63, 3.8) is 0 Å². The normalized spacial score (nSPS) is 18.9. The highest BCUT2D eigenvalue weighted by Gasteiger charge is 2.67. The maximum atomic E-state index is 14.2. The van der Waals surface area contributed by atoms with Crippen molar-refractivity contribution in [3.8, 4) is 5.75 Å². The first-order valence-electron chi connectivity index (χ1n) is 16.9. The number of esters is 3. The molecule has 5 rings (SSSR count). The van der Waals surface area contributed by atoms with Crippen molar-refractivity contribution in [2.45, 2.75) is 75.9 Å². The average Bonchev–Trinajstić information content (AvgIpc) is 3.82. The molecule has 2 amide bonds. The molecule has 2 aliphatic heterocycles. The molecular formula is C35H43N7O9S2. The summed E-state index contributed by atoms with van der Waals surface area (Å²) in [6, 6.07) is 9.39. The summed E-state index contributed by atoms with van der Waals surface area (Å²) in [5, 5.41) is 14.1. The number of ether oxygens (including phenoxy) is 4. The minimum atomic E-state index is -1.77. The summed E-state index contributed by atoms with van der Waals surface area (Å²) in [7, 11) is 3.03. The first kappa shape index (κ1) is 39.5.